The van der Waals surface area contributed by atoms with Gasteiger partial charge >= 0.3 is 0 Å². The minimum absolute atomic E-state index is 0.297. The van der Waals surface area contributed by atoms with Crippen molar-refractivity contribution in [2.45, 2.75) is 19.8 Å². The number of benzene rings is 2. The molecule has 0 radical (unpaired) electrons. The fraction of sp³-hybridized carbons (Fsp3) is 0.176. The minimum Gasteiger partial charge on any atom is -0.508 e. The molecule has 19 heavy (non-hydrogen) atoms. The molecule has 2 nitrogen and oxygen atoms in total. The van der Waals surface area contributed by atoms with Crippen molar-refractivity contribution in [2.24, 2.45) is 0 Å². The second kappa shape index (κ2) is 5.61. The van der Waals surface area contributed by atoms with Crippen molar-refractivity contribution in [1.82, 2.24) is 0 Å². The molecule has 98 valence electrons. The third-order valence-corrected chi connectivity index (χ3v) is 3.22. The first-order valence-electron chi connectivity index (χ1n) is 6.33. The van der Waals surface area contributed by atoms with Crippen molar-refractivity contribution in [1.29, 1.82) is 0 Å². The van der Waals surface area contributed by atoms with Gasteiger partial charge in [0.2, 0.25) is 0 Å². The maximum Gasteiger partial charge on any atom is 0.125 e. The molecule has 0 bridgehead atoms. The van der Waals surface area contributed by atoms with Crippen LogP contribution in [0, 0.1) is 6.92 Å². The van der Waals surface area contributed by atoms with Gasteiger partial charge in [-0.05, 0) is 54.7 Å². The molecular weight excluding hydrogens is 236 g/mol. The van der Waals surface area contributed by atoms with E-state index in [9.17, 15) is 10.2 Å². The molecule has 0 heterocycles. The van der Waals surface area contributed by atoms with Crippen molar-refractivity contribution in [3.8, 4) is 11.5 Å². The van der Waals surface area contributed by atoms with E-state index < -0.39 is 0 Å². The van der Waals surface area contributed by atoms with Gasteiger partial charge in [0.05, 0.1) is 0 Å². The van der Waals surface area contributed by atoms with Gasteiger partial charge in [0, 0.05) is 5.56 Å². The van der Waals surface area contributed by atoms with Crippen LogP contribution in [-0.4, -0.2) is 10.2 Å². The molecule has 2 aromatic rings. The van der Waals surface area contributed by atoms with Crippen LogP contribution in [0.1, 0.15) is 22.3 Å². The molecule has 0 saturated carbocycles. The van der Waals surface area contributed by atoms with Gasteiger partial charge in [-0.15, -0.1) is 0 Å². The number of aromatic hydroxyl groups is 2. The van der Waals surface area contributed by atoms with Gasteiger partial charge in [0.1, 0.15) is 11.5 Å². The Bertz CT molecular complexity index is 600. The maximum atomic E-state index is 9.84. The third kappa shape index (κ3) is 3.16. The van der Waals surface area contributed by atoms with E-state index >= 15 is 0 Å². The van der Waals surface area contributed by atoms with E-state index in [-0.39, 0.29) is 0 Å². The van der Waals surface area contributed by atoms with Gasteiger partial charge in [0.15, 0.2) is 0 Å². The smallest absolute Gasteiger partial charge is 0.125 e. The Hall–Kier alpha value is -2.22. The van der Waals surface area contributed by atoms with E-state index in [1.165, 1.54) is 0 Å². The van der Waals surface area contributed by atoms with Gasteiger partial charge in [-0.3, -0.25) is 0 Å². The predicted molar refractivity (Wildman–Crippen MR) is 78.4 cm³/mol. The zero-order chi connectivity index (χ0) is 13.8. The lowest BCUT2D eigenvalue weighted by Gasteiger charge is -2.08. The van der Waals surface area contributed by atoms with Crippen LogP contribution in [-0.2, 0) is 12.8 Å². The molecule has 0 aromatic heterocycles. The first-order chi connectivity index (χ1) is 9.10. The molecule has 2 N–H and O–H groups in total. The van der Waals surface area contributed by atoms with E-state index in [1.54, 1.807) is 18.2 Å². The largest absolute Gasteiger partial charge is 0.508 e. The summed E-state index contributed by atoms with van der Waals surface area (Å²) in [7, 11) is 0. The van der Waals surface area contributed by atoms with Crippen molar-refractivity contribution in [3.05, 3.63) is 65.2 Å². The Morgan fingerprint density at radius 2 is 1.79 bits per heavy atom. The summed E-state index contributed by atoms with van der Waals surface area (Å²) in [5, 5.41) is 19.3. The number of phenols is 2. The summed E-state index contributed by atoms with van der Waals surface area (Å²) in [5.41, 5.74) is 3.90. The lowest BCUT2D eigenvalue weighted by Crippen LogP contribution is -1.93. The molecule has 2 aromatic carbocycles. The fourth-order valence-electron chi connectivity index (χ4n) is 2.18. The Morgan fingerprint density at radius 3 is 2.47 bits per heavy atom. The number of hydrogen-bond donors (Lipinski definition) is 2. The summed E-state index contributed by atoms with van der Waals surface area (Å²) in [5.74, 6) is 0.599. The molecule has 0 atom stereocenters. The topological polar surface area (TPSA) is 40.5 Å². The molecular formula is C17H18O2. The van der Waals surface area contributed by atoms with Crippen LogP contribution < -0.4 is 0 Å². The summed E-state index contributed by atoms with van der Waals surface area (Å²) >= 11 is 0. The summed E-state index contributed by atoms with van der Waals surface area (Å²) in [6.07, 6.45) is 3.39. The highest BCUT2D eigenvalue weighted by atomic mass is 16.3. The van der Waals surface area contributed by atoms with Crippen LogP contribution in [0.3, 0.4) is 0 Å². The lowest BCUT2D eigenvalue weighted by molar-refractivity contribution is 0.469. The second-order valence-electron chi connectivity index (χ2n) is 4.72. The SMILES string of the molecule is C=Cc1cc(CCc2cccc(O)c2)cc(C)c1O. The Kier molecular flexibility index (Phi) is 3.91. The van der Waals surface area contributed by atoms with E-state index in [2.05, 4.69) is 6.58 Å². The van der Waals surface area contributed by atoms with Crippen molar-refractivity contribution in [3.63, 3.8) is 0 Å². The third-order valence-electron chi connectivity index (χ3n) is 3.22. The van der Waals surface area contributed by atoms with Crippen molar-refractivity contribution in [2.75, 3.05) is 0 Å². The van der Waals surface area contributed by atoms with Crippen LogP contribution >= 0.6 is 0 Å². The van der Waals surface area contributed by atoms with E-state index in [4.69, 9.17) is 0 Å². The zero-order valence-corrected chi connectivity index (χ0v) is 11.1. The average molecular weight is 254 g/mol. The molecule has 0 aliphatic carbocycles. The quantitative estimate of drug-likeness (QED) is 0.870. The number of rotatable bonds is 4. The summed E-state index contributed by atoms with van der Waals surface area (Å²) < 4.78 is 0. The van der Waals surface area contributed by atoms with Crippen LogP contribution in [0.15, 0.2) is 43.0 Å². The Balaban J connectivity index is 2.16. The highest BCUT2D eigenvalue weighted by Gasteiger charge is 2.05. The molecule has 0 spiro atoms. The molecule has 0 aliphatic heterocycles. The zero-order valence-electron chi connectivity index (χ0n) is 11.1. The van der Waals surface area contributed by atoms with Gasteiger partial charge in [-0.2, -0.15) is 0 Å². The van der Waals surface area contributed by atoms with Crippen molar-refractivity contribution >= 4 is 6.08 Å². The highest BCUT2D eigenvalue weighted by molar-refractivity contribution is 5.59. The van der Waals surface area contributed by atoms with Crippen LogP contribution in [0.4, 0.5) is 0 Å². The fourth-order valence-corrected chi connectivity index (χ4v) is 2.18. The Labute approximate surface area is 113 Å². The lowest BCUT2D eigenvalue weighted by atomic mass is 9.99. The summed E-state index contributed by atoms with van der Waals surface area (Å²) in [6.45, 7) is 5.60. The molecule has 0 unspecified atom stereocenters. The van der Waals surface area contributed by atoms with Gasteiger partial charge < -0.3 is 10.2 Å². The van der Waals surface area contributed by atoms with Gasteiger partial charge in [-0.1, -0.05) is 30.9 Å². The number of aryl methyl sites for hydroxylation is 3. The second-order valence-corrected chi connectivity index (χ2v) is 4.72. The molecule has 0 saturated heterocycles. The first kappa shape index (κ1) is 13.2. The molecule has 2 rings (SSSR count). The van der Waals surface area contributed by atoms with E-state index in [0.29, 0.717) is 11.5 Å². The molecule has 0 amide bonds. The monoisotopic (exact) mass is 254 g/mol. The molecule has 0 fully saturated rings. The van der Waals surface area contributed by atoms with Crippen LogP contribution in [0.2, 0.25) is 0 Å². The summed E-state index contributed by atoms with van der Waals surface area (Å²) in [4.78, 5) is 0. The predicted octanol–water partition coefficient (Wildman–Crippen LogP) is 3.83. The minimum atomic E-state index is 0.297. The Morgan fingerprint density at radius 1 is 1.05 bits per heavy atom. The first-order valence-corrected chi connectivity index (χ1v) is 6.33. The standard InChI is InChI=1S/C17H18O2/c1-3-15-10-14(9-12(2)17(15)19)8-7-13-5-4-6-16(18)11-13/h3-6,9-11,18-19H,1,7-8H2,2H3. The highest BCUT2D eigenvalue weighted by Crippen LogP contribution is 2.25. The van der Waals surface area contributed by atoms with Crippen LogP contribution in [0.5, 0.6) is 11.5 Å². The molecule has 2 heteroatoms. The normalized spacial score (nSPS) is 10.4. The van der Waals surface area contributed by atoms with Crippen LogP contribution in [0.25, 0.3) is 6.08 Å². The van der Waals surface area contributed by atoms with E-state index in [0.717, 1.165) is 35.1 Å². The summed E-state index contributed by atoms with van der Waals surface area (Å²) in [6, 6.07) is 11.2. The number of hydrogen-bond acceptors (Lipinski definition) is 2. The van der Waals surface area contributed by atoms with E-state index in [1.807, 2.05) is 31.2 Å². The molecule has 0 aliphatic rings. The van der Waals surface area contributed by atoms with Crippen molar-refractivity contribution < 1.29 is 10.2 Å². The number of phenolic OH excluding ortho intramolecular Hbond substituents is 2. The van der Waals surface area contributed by atoms with Gasteiger partial charge in [-0.25, -0.2) is 0 Å². The van der Waals surface area contributed by atoms with Gasteiger partial charge in [0.25, 0.3) is 0 Å². The maximum absolute atomic E-state index is 9.84. The average Bonchev–Trinajstić information content (AvgIpc) is 2.40.